The molecule has 1 fully saturated rings. The Hall–Kier alpha value is -1.68. The first-order chi connectivity index (χ1) is 9.67. The standard InChI is InChI=1S/C16H18F2N2/c1-19-16(11-2-3-11)13-6-7-20(10-13)9-12-4-5-14(17)8-15(12)18/h4-8,10-11,16,19H,2-3,9H2,1H3. The van der Waals surface area contributed by atoms with E-state index >= 15 is 0 Å². The van der Waals surface area contributed by atoms with Crippen molar-refractivity contribution in [1.82, 2.24) is 9.88 Å². The molecule has 2 nitrogen and oxygen atoms in total. The molecule has 106 valence electrons. The van der Waals surface area contributed by atoms with Gasteiger partial charge in [0.2, 0.25) is 0 Å². The number of nitrogens with one attached hydrogen (secondary N) is 1. The fourth-order valence-corrected chi connectivity index (χ4v) is 2.69. The molecule has 1 atom stereocenters. The number of rotatable bonds is 5. The molecule has 1 aliphatic carbocycles. The second-order valence-corrected chi connectivity index (χ2v) is 5.46. The summed E-state index contributed by atoms with van der Waals surface area (Å²) in [6.45, 7) is 0.424. The molecule has 1 heterocycles. The first-order valence-electron chi connectivity index (χ1n) is 6.94. The van der Waals surface area contributed by atoms with Crippen LogP contribution in [0.5, 0.6) is 0 Å². The number of halogens is 2. The minimum atomic E-state index is -0.538. The monoisotopic (exact) mass is 276 g/mol. The molecule has 2 aromatic rings. The zero-order chi connectivity index (χ0) is 14.1. The van der Waals surface area contributed by atoms with Crippen LogP contribution in [0.3, 0.4) is 0 Å². The molecule has 20 heavy (non-hydrogen) atoms. The highest BCUT2D eigenvalue weighted by atomic mass is 19.1. The first-order valence-corrected chi connectivity index (χ1v) is 6.94. The highest BCUT2D eigenvalue weighted by Crippen LogP contribution is 2.40. The molecule has 1 aliphatic rings. The Kier molecular flexibility index (Phi) is 3.57. The SMILES string of the molecule is CNC(c1ccn(Cc2ccc(F)cc2F)c1)C1CC1. The molecule has 3 rings (SSSR count). The molecule has 1 unspecified atom stereocenters. The largest absolute Gasteiger partial charge is 0.349 e. The van der Waals surface area contributed by atoms with Crippen LogP contribution in [0.4, 0.5) is 8.78 Å². The maximum Gasteiger partial charge on any atom is 0.131 e. The van der Waals surface area contributed by atoms with Gasteiger partial charge < -0.3 is 9.88 Å². The molecule has 1 aromatic heterocycles. The molecule has 0 bridgehead atoms. The predicted octanol–water partition coefficient (Wildman–Crippen LogP) is 3.49. The topological polar surface area (TPSA) is 17.0 Å². The Morgan fingerprint density at radius 1 is 1.30 bits per heavy atom. The Morgan fingerprint density at radius 2 is 2.10 bits per heavy atom. The average Bonchev–Trinajstić information content (AvgIpc) is 3.14. The van der Waals surface area contributed by atoms with Crippen molar-refractivity contribution in [2.75, 3.05) is 7.05 Å². The van der Waals surface area contributed by atoms with Crippen LogP contribution in [0.15, 0.2) is 36.7 Å². The van der Waals surface area contributed by atoms with Gasteiger partial charge >= 0.3 is 0 Å². The van der Waals surface area contributed by atoms with E-state index in [4.69, 9.17) is 0 Å². The fraction of sp³-hybridized carbons (Fsp3) is 0.375. The van der Waals surface area contributed by atoms with Gasteiger partial charge in [-0.25, -0.2) is 8.78 Å². The van der Waals surface area contributed by atoms with Crippen LogP contribution < -0.4 is 5.32 Å². The van der Waals surface area contributed by atoms with E-state index in [0.29, 0.717) is 18.2 Å². The van der Waals surface area contributed by atoms with Gasteiger partial charge in [0.05, 0.1) is 0 Å². The molecule has 0 aliphatic heterocycles. The van der Waals surface area contributed by atoms with Gasteiger partial charge in [-0.05, 0) is 43.5 Å². The van der Waals surface area contributed by atoms with Crippen molar-refractivity contribution in [2.45, 2.75) is 25.4 Å². The smallest absolute Gasteiger partial charge is 0.131 e. The zero-order valence-corrected chi connectivity index (χ0v) is 11.4. The summed E-state index contributed by atoms with van der Waals surface area (Å²) in [6.07, 6.45) is 6.53. The van der Waals surface area contributed by atoms with Gasteiger partial charge in [0, 0.05) is 36.6 Å². The van der Waals surface area contributed by atoms with Crippen molar-refractivity contribution in [2.24, 2.45) is 5.92 Å². The van der Waals surface area contributed by atoms with E-state index in [2.05, 4.69) is 11.4 Å². The van der Waals surface area contributed by atoms with Gasteiger partial charge in [-0.15, -0.1) is 0 Å². The van der Waals surface area contributed by atoms with E-state index in [0.717, 1.165) is 12.0 Å². The molecule has 4 heteroatoms. The van der Waals surface area contributed by atoms with E-state index in [-0.39, 0.29) is 0 Å². The number of nitrogens with zero attached hydrogens (tertiary/aromatic N) is 1. The summed E-state index contributed by atoms with van der Waals surface area (Å²) in [6, 6.07) is 6.18. The maximum absolute atomic E-state index is 13.6. The Bertz CT molecular complexity index is 602. The third-order valence-electron chi connectivity index (χ3n) is 3.90. The zero-order valence-electron chi connectivity index (χ0n) is 11.4. The lowest BCUT2D eigenvalue weighted by molar-refractivity contribution is 0.527. The van der Waals surface area contributed by atoms with E-state index < -0.39 is 11.6 Å². The van der Waals surface area contributed by atoms with Crippen LogP contribution in [0, 0.1) is 17.6 Å². The molecule has 0 saturated heterocycles. The summed E-state index contributed by atoms with van der Waals surface area (Å²) in [7, 11) is 1.97. The third-order valence-corrected chi connectivity index (χ3v) is 3.90. The van der Waals surface area contributed by atoms with Gasteiger partial charge in [0.1, 0.15) is 11.6 Å². The van der Waals surface area contributed by atoms with Gasteiger partial charge in [0.15, 0.2) is 0 Å². The lowest BCUT2D eigenvalue weighted by Gasteiger charge is -2.13. The van der Waals surface area contributed by atoms with Crippen molar-refractivity contribution in [3.8, 4) is 0 Å². The predicted molar refractivity (Wildman–Crippen MR) is 74.4 cm³/mol. The highest BCUT2D eigenvalue weighted by molar-refractivity contribution is 5.22. The first kappa shape index (κ1) is 13.3. The van der Waals surface area contributed by atoms with Crippen LogP contribution in [-0.2, 0) is 6.54 Å². The number of benzene rings is 1. The lowest BCUT2D eigenvalue weighted by Crippen LogP contribution is -2.17. The van der Waals surface area contributed by atoms with E-state index in [9.17, 15) is 8.78 Å². The highest BCUT2D eigenvalue weighted by Gasteiger charge is 2.31. The van der Waals surface area contributed by atoms with Crippen molar-refractivity contribution in [1.29, 1.82) is 0 Å². The van der Waals surface area contributed by atoms with Crippen molar-refractivity contribution in [3.05, 3.63) is 59.4 Å². The second kappa shape index (κ2) is 5.37. The summed E-state index contributed by atoms with van der Waals surface area (Å²) < 4.78 is 28.5. The van der Waals surface area contributed by atoms with Gasteiger partial charge in [-0.1, -0.05) is 6.07 Å². The summed E-state index contributed by atoms with van der Waals surface area (Å²) in [5.41, 5.74) is 1.73. The van der Waals surface area contributed by atoms with Gasteiger partial charge in [0.25, 0.3) is 0 Å². The van der Waals surface area contributed by atoms with Crippen LogP contribution in [0.25, 0.3) is 0 Å². The van der Waals surface area contributed by atoms with E-state index in [1.54, 1.807) is 0 Å². The quantitative estimate of drug-likeness (QED) is 0.884. The van der Waals surface area contributed by atoms with Crippen LogP contribution in [0.2, 0.25) is 0 Å². The molecular formula is C16H18F2N2. The van der Waals surface area contributed by atoms with E-state index in [1.165, 1.54) is 30.5 Å². The average molecular weight is 276 g/mol. The Morgan fingerprint density at radius 3 is 2.75 bits per heavy atom. The van der Waals surface area contributed by atoms with Gasteiger partial charge in [-0.3, -0.25) is 0 Å². The third kappa shape index (κ3) is 2.75. The molecule has 1 N–H and O–H groups in total. The second-order valence-electron chi connectivity index (χ2n) is 5.46. The number of aromatic nitrogens is 1. The van der Waals surface area contributed by atoms with Crippen molar-refractivity contribution < 1.29 is 8.78 Å². The van der Waals surface area contributed by atoms with Crippen LogP contribution in [0.1, 0.15) is 30.0 Å². The lowest BCUT2D eigenvalue weighted by atomic mass is 10.1. The number of hydrogen-bond donors (Lipinski definition) is 1. The maximum atomic E-state index is 13.6. The van der Waals surface area contributed by atoms with Crippen LogP contribution >= 0.6 is 0 Å². The molecule has 1 aromatic carbocycles. The van der Waals surface area contributed by atoms with Crippen LogP contribution in [-0.4, -0.2) is 11.6 Å². The van der Waals surface area contributed by atoms with E-state index in [1.807, 2.05) is 24.0 Å². The van der Waals surface area contributed by atoms with Crippen molar-refractivity contribution >= 4 is 0 Å². The van der Waals surface area contributed by atoms with Crippen molar-refractivity contribution in [3.63, 3.8) is 0 Å². The minimum absolute atomic E-state index is 0.384. The summed E-state index contributed by atoms with van der Waals surface area (Å²) in [4.78, 5) is 0. The minimum Gasteiger partial charge on any atom is -0.349 e. The molecule has 0 spiro atoms. The molecular weight excluding hydrogens is 258 g/mol. The molecule has 0 radical (unpaired) electrons. The summed E-state index contributed by atoms with van der Waals surface area (Å²) in [5.74, 6) is -0.311. The molecule has 1 saturated carbocycles. The fourth-order valence-electron chi connectivity index (χ4n) is 2.69. The summed E-state index contributed by atoms with van der Waals surface area (Å²) >= 11 is 0. The summed E-state index contributed by atoms with van der Waals surface area (Å²) in [5, 5.41) is 3.34. The normalized spacial score (nSPS) is 16.4. The van der Waals surface area contributed by atoms with Gasteiger partial charge in [-0.2, -0.15) is 0 Å². The molecule has 0 amide bonds. The Balaban J connectivity index is 1.76. The Labute approximate surface area is 117 Å². The number of hydrogen-bond acceptors (Lipinski definition) is 1.